The van der Waals surface area contributed by atoms with E-state index in [0.29, 0.717) is 27.4 Å². The van der Waals surface area contributed by atoms with E-state index in [1.165, 1.54) is 7.11 Å². The number of fused-ring (bicyclic) bond motifs is 2. The summed E-state index contributed by atoms with van der Waals surface area (Å²) in [6.45, 7) is 0.364. The van der Waals surface area contributed by atoms with Gasteiger partial charge in [-0.1, -0.05) is 40.9 Å². The molecule has 34 heavy (non-hydrogen) atoms. The summed E-state index contributed by atoms with van der Waals surface area (Å²) in [7, 11) is 1.36. The lowest BCUT2D eigenvalue weighted by Crippen LogP contribution is -2.59. The monoisotopic (exact) mass is 524 g/mol. The zero-order valence-electron chi connectivity index (χ0n) is 18.9. The third-order valence-electron chi connectivity index (χ3n) is 6.40. The molecule has 0 radical (unpaired) electrons. The molecule has 9 heteroatoms. The highest BCUT2D eigenvalue weighted by molar-refractivity contribution is 6.34. The van der Waals surface area contributed by atoms with Crippen LogP contribution in [0.5, 0.6) is 5.75 Å². The number of amides is 2. The fourth-order valence-corrected chi connectivity index (χ4v) is 5.73. The van der Waals surface area contributed by atoms with Gasteiger partial charge in [-0.15, -0.1) is 0 Å². The second-order valence-corrected chi connectivity index (χ2v) is 10.1. The van der Waals surface area contributed by atoms with E-state index in [9.17, 15) is 9.59 Å². The molecule has 2 saturated heterocycles. The Bertz CT molecular complexity index is 1030. The lowest BCUT2D eigenvalue weighted by molar-refractivity contribution is -0.139. The maximum atomic E-state index is 13.1. The Balaban J connectivity index is 1.37. The van der Waals surface area contributed by atoms with Crippen LogP contribution in [0.15, 0.2) is 36.4 Å². The van der Waals surface area contributed by atoms with Gasteiger partial charge in [0.15, 0.2) is 0 Å². The predicted molar refractivity (Wildman–Crippen MR) is 133 cm³/mol. The van der Waals surface area contributed by atoms with Crippen LogP contribution in [0, 0.1) is 0 Å². The Morgan fingerprint density at radius 2 is 1.68 bits per heavy atom. The molecule has 1 N–H and O–H groups in total. The summed E-state index contributed by atoms with van der Waals surface area (Å²) in [6.07, 6.45) is 4.60. The van der Waals surface area contributed by atoms with Crippen LogP contribution in [0.25, 0.3) is 0 Å². The van der Waals surface area contributed by atoms with Crippen molar-refractivity contribution in [3.63, 3.8) is 0 Å². The first kappa shape index (κ1) is 25.0. The van der Waals surface area contributed by atoms with Crippen LogP contribution in [0.2, 0.25) is 15.1 Å². The van der Waals surface area contributed by atoms with Crippen molar-refractivity contribution in [2.75, 3.05) is 7.11 Å². The zero-order valence-corrected chi connectivity index (χ0v) is 21.1. The number of carbonyl (C=O) groups excluding carboxylic acids is 2. The fraction of sp³-hybridized carbons (Fsp3) is 0.440. The van der Waals surface area contributed by atoms with Crippen LogP contribution in [-0.2, 0) is 22.5 Å². The number of carbonyl (C=O) groups is 2. The Labute approximate surface area is 214 Å². The van der Waals surface area contributed by atoms with E-state index in [4.69, 9.17) is 44.3 Å². The SMILES string of the molecule is COC(=O)Cc1ccc(OC2C[C@@H]3CCC[C@@H](C2)N3C(=O)NCc2cc(Cl)cc(Cl)c2)c(Cl)c1. The van der Waals surface area contributed by atoms with Crippen LogP contribution in [0.3, 0.4) is 0 Å². The molecular formula is C25H27Cl3N2O4. The number of ether oxygens (including phenoxy) is 2. The molecule has 6 nitrogen and oxygen atoms in total. The molecule has 182 valence electrons. The van der Waals surface area contributed by atoms with Gasteiger partial charge in [-0.05, 0) is 60.7 Å². The molecule has 0 aromatic heterocycles. The van der Waals surface area contributed by atoms with E-state index in [1.807, 2.05) is 11.0 Å². The van der Waals surface area contributed by atoms with Crippen LogP contribution >= 0.6 is 34.8 Å². The van der Waals surface area contributed by atoms with Crippen molar-refractivity contribution in [3.8, 4) is 5.75 Å². The van der Waals surface area contributed by atoms with Gasteiger partial charge in [0.05, 0.1) is 18.6 Å². The fourth-order valence-electron chi connectivity index (χ4n) is 4.91. The molecular weight excluding hydrogens is 499 g/mol. The van der Waals surface area contributed by atoms with Gasteiger partial charge in [0.2, 0.25) is 0 Å². The highest BCUT2D eigenvalue weighted by atomic mass is 35.5. The Hall–Kier alpha value is -2.15. The molecule has 2 aliphatic heterocycles. The smallest absolute Gasteiger partial charge is 0.318 e. The van der Waals surface area contributed by atoms with Crippen LogP contribution in [0.1, 0.15) is 43.2 Å². The summed E-state index contributed by atoms with van der Waals surface area (Å²) >= 11 is 18.6. The highest BCUT2D eigenvalue weighted by Gasteiger charge is 2.41. The van der Waals surface area contributed by atoms with Crippen molar-refractivity contribution in [1.29, 1.82) is 0 Å². The normalized spacial score (nSPS) is 21.6. The third-order valence-corrected chi connectivity index (χ3v) is 7.13. The summed E-state index contributed by atoms with van der Waals surface area (Å²) < 4.78 is 11.0. The maximum Gasteiger partial charge on any atom is 0.318 e. The molecule has 0 unspecified atom stereocenters. The number of methoxy groups -OCH3 is 1. The van der Waals surface area contributed by atoms with Crippen molar-refractivity contribution < 1.29 is 19.1 Å². The number of benzene rings is 2. The molecule has 0 aliphatic carbocycles. The Morgan fingerprint density at radius 3 is 2.29 bits per heavy atom. The second kappa shape index (κ2) is 11.1. The van der Waals surface area contributed by atoms with Gasteiger partial charge in [0.25, 0.3) is 0 Å². The summed E-state index contributed by atoms with van der Waals surface area (Å²) in [4.78, 5) is 26.6. The number of nitrogens with one attached hydrogen (secondary N) is 1. The van der Waals surface area contributed by atoms with E-state index in [0.717, 1.165) is 43.2 Å². The summed E-state index contributed by atoms with van der Waals surface area (Å²) in [5.74, 6) is 0.274. The van der Waals surface area contributed by atoms with E-state index >= 15 is 0 Å². The molecule has 2 atom stereocenters. The van der Waals surface area contributed by atoms with Crippen LogP contribution in [0.4, 0.5) is 4.79 Å². The molecule has 2 aromatic carbocycles. The Kier molecular flexibility index (Phi) is 8.12. The summed E-state index contributed by atoms with van der Waals surface area (Å²) in [5.41, 5.74) is 1.63. The van der Waals surface area contributed by atoms with E-state index in [2.05, 4.69) is 5.32 Å². The molecule has 2 aliphatic rings. The molecule has 2 heterocycles. The minimum absolute atomic E-state index is 0.0324. The number of urea groups is 1. The standard InChI is InChI=1S/C25H27Cl3N2O4/c1-33-24(31)10-15-5-6-23(22(28)9-15)34-21-12-19-3-2-4-20(13-21)30(19)25(32)29-14-16-7-17(26)11-18(27)8-16/h5-9,11,19-21H,2-4,10,12-14H2,1H3,(H,29,32)/t19-,20-/m0/s1. The zero-order chi connectivity index (χ0) is 24.2. The number of hydrogen-bond acceptors (Lipinski definition) is 4. The van der Waals surface area contributed by atoms with E-state index in [-0.39, 0.29) is 36.6 Å². The number of piperidine rings is 2. The minimum Gasteiger partial charge on any atom is -0.489 e. The average molecular weight is 526 g/mol. The molecule has 2 amide bonds. The van der Waals surface area contributed by atoms with E-state index < -0.39 is 0 Å². The summed E-state index contributed by atoms with van der Waals surface area (Å²) in [6, 6.07) is 10.8. The largest absolute Gasteiger partial charge is 0.489 e. The summed E-state index contributed by atoms with van der Waals surface area (Å²) in [5, 5.41) is 4.58. The average Bonchev–Trinajstić information content (AvgIpc) is 2.78. The van der Waals surface area contributed by atoms with Crippen molar-refractivity contribution in [1.82, 2.24) is 10.2 Å². The molecule has 0 saturated carbocycles. The highest BCUT2D eigenvalue weighted by Crippen LogP contribution is 2.37. The first-order chi connectivity index (χ1) is 16.3. The van der Waals surface area contributed by atoms with Crippen molar-refractivity contribution in [3.05, 3.63) is 62.6 Å². The predicted octanol–water partition coefficient (Wildman–Crippen LogP) is 6.04. The number of nitrogens with zero attached hydrogens (tertiary/aromatic N) is 1. The van der Waals surface area contributed by atoms with Gasteiger partial charge in [-0.2, -0.15) is 0 Å². The number of hydrogen-bond donors (Lipinski definition) is 1. The number of rotatable bonds is 6. The number of esters is 1. The lowest BCUT2D eigenvalue weighted by Gasteiger charge is -2.48. The maximum absolute atomic E-state index is 13.1. The van der Waals surface area contributed by atoms with Gasteiger partial charge in [-0.3, -0.25) is 4.79 Å². The quantitative estimate of drug-likeness (QED) is 0.467. The van der Waals surface area contributed by atoms with Gasteiger partial charge in [-0.25, -0.2) is 4.79 Å². The van der Waals surface area contributed by atoms with Crippen molar-refractivity contribution in [2.24, 2.45) is 0 Å². The molecule has 2 aromatic rings. The van der Waals surface area contributed by atoms with Gasteiger partial charge >= 0.3 is 12.0 Å². The van der Waals surface area contributed by atoms with Crippen LogP contribution in [-0.4, -0.2) is 42.2 Å². The lowest BCUT2D eigenvalue weighted by atomic mass is 9.83. The van der Waals surface area contributed by atoms with Gasteiger partial charge in [0.1, 0.15) is 11.9 Å². The van der Waals surface area contributed by atoms with Crippen molar-refractivity contribution >= 4 is 46.8 Å². The molecule has 4 rings (SSSR count). The van der Waals surface area contributed by atoms with Gasteiger partial charge in [0, 0.05) is 41.5 Å². The molecule has 2 fully saturated rings. The Morgan fingerprint density at radius 1 is 1.00 bits per heavy atom. The topological polar surface area (TPSA) is 67.9 Å². The number of halogens is 3. The molecule has 2 bridgehead atoms. The van der Waals surface area contributed by atoms with Crippen molar-refractivity contribution in [2.45, 2.75) is 63.3 Å². The first-order valence-electron chi connectivity index (χ1n) is 11.4. The van der Waals surface area contributed by atoms with Crippen LogP contribution < -0.4 is 10.1 Å². The third kappa shape index (κ3) is 6.09. The molecule has 0 spiro atoms. The second-order valence-electron chi connectivity index (χ2n) is 8.81. The first-order valence-corrected chi connectivity index (χ1v) is 12.5. The van der Waals surface area contributed by atoms with E-state index in [1.54, 1.807) is 30.3 Å². The van der Waals surface area contributed by atoms with Gasteiger partial charge < -0.3 is 19.7 Å². The minimum atomic E-state index is -0.318.